The Bertz CT molecular complexity index is 1310. The van der Waals surface area contributed by atoms with Gasteiger partial charge in [0.25, 0.3) is 11.4 Å². The molecule has 1 aromatic heterocycles. The van der Waals surface area contributed by atoms with Gasteiger partial charge in [-0.15, -0.1) is 23.5 Å². The van der Waals surface area contributed by atoms with Crippen molar-refractivity contribution in [3.8, 4) is 11.5 Å². The first-order chi connectivity index (χ1) is 14.5. The summed E-state index contributed by atoms with van der Waals surface area (Å²) in [6.45, 7) is 8.53. The number of benzene rings is 1. The van der Waals surface area contributed by atoms with Crippen LogP contribution in [-0.4, -0.2) is 24.3 Å². The van der Waals surface area contributed by atoms with E-state index in [2.05, 4.69) is 39.8 Å². The van der Waals surface area contributed by atoms with Crippen molar-refractivity contribution in [2.24, 2.45) is 0 Å². The van der Waals surface area contributed by atoms with E-state index in [1.54, 1.807) is 23.5 Å². The lowest BCUT2D eigenvalue weighted by Crippen LogP contribution is -2.53. The minimum absolute atomic E-state index is 0.134. The molecule has 158 valence electrons. The normalized spacial score (nSPS) is 26.2. The SMILES string of the molecule is CC1=CC2=c3nc(-c4cc([N+](=O)[O-])cc([N+](=O)[O-])c4)oc3=C3C=C(C)S[C@@]3(C)[C@]2(C)S1. The van der Waals surface area contributed by atoms with Gasteiger partial charge >= 0.3 is 0 Å². The van der Waals surface area contributed by atoms with Crippen molar-refractivity contribution < 1.29 is 14.3 Å². The van der Waals surface area contributed by atoms with E-state index < -0.39 is 9.85 Å². The number of oxazole rings is 1. The molecule has 0 saturated heterocycles. The minimum Gasteiger partial charge on any atom is -0.436 e. The summed E-state index contributed by atoms with van der Waals surface area (Å²) >= 11 is 3.59. The average molecular weight is 456 g/mol. The molecular formula is C21H17N3O5S2. The Morgan fingerprint density at radius 2 is 1.42 bits per heavy atom. The summed E-state index contributed by atoms with van der Waals surface area (Å²) in [5, 5.41) is 23.3. The zero-order chi connectivity index (χ0) is 22.3. The summed E-state index contributed by atoms with van der Waals surface area (Å²) in [6, 6.07) is 3.45. The maximum atomic E-state index is 11.3. The van der Waals surface area contributed by atoms with Gasteiger partial charge in [-0.3, -0.25) is 20.2 Å². The molecule has 0 unspecified atom stereocenters. The highest BCUT2D eigenvalue weighted by molar-refractivity contribution is 8.09. The number of hydrogen-bond acceptors (Lipinski definition) is 8. The molecule has 10 heteroatoms. The molecule has 0 radical (unpaired) electrons. The van der Waals surface area contributed by atoms with Crippen molar-refractivity contribution in [1.82, 2.24) is 4.98 Å². The van der Waals surface area contributed by atoms with Gasteiger partial charge in [0, 0.05) is 23.3 Å². The highest BCUT2D eigenvalue weighted by Gasteiger charge is 2.57. The Balaban J connectivity index is 1.85. The monoisotopic (exact) mass is 455 g/mol. The van der Waals surface area contributed by atoms with Crippen molar-refractivity contribution in [1.29, 1.82) is 0 Å². The second kappa shape index (κ2) is 6.33. The highest BCUT2D eigenvalue weighted by atomic mass is 32.2. The molecule has 2 aromatic rings. The molecule has 1 aliphatic carbocycles. The van der Waals surface area contributed by atoms with Crippen LogP contribution in [-0.2, 0) is 0 Å². The molecule has 5 rings (SSSR count). The third kappa shape index (κ3) is 2.67. The van der Waals surface area contributed by atoms with Crippen LogP contribution >= 0.6 is 23.5 Å². The molecule has 0 bridgehead atoms. The summed E-state index contributed by atoms with van der Waals surface area (Å²) in [5.41, 5.74) is 2.13. The van der Waals surface area contributed by atoms with Gasteiger partial charge in [-0.05, 0) is 49.7 Å². The largest absolute Gasteiger partial charge is 0.436 e. The molecule has 2 atom stereocenters. The van der Waals surface area contributed by atoms with E-state index in [0.717, 1.165) is 17.2 Å². The van der Waals surface area contributed by atoms with Crippen molar-refractivity contribution in [3.05, 3.63) is 71.2 Å². The zero-order valence-electron chi connectivity index (χ0n) is 17.1. The smallest absolute Gasteiger partial charge is 0.277 e. The van der Waals surface area contributed by atoms with Crippen molar-refractivity contribution in [2.45, 2.75) is 37.2 Å². The number of fused-ring (bicyclic) bond motifs is 4. The van der Waals surface area contributed by atoms with E-state index in [1.807, 2.05) is 0 Å². The molecule has 0 N–H and O–H groups in total. The quantitative estimate of drug-likeness (QED) is 0.498. The second-order valence-electron chi connectivity index (χ2n) is 8.06. The Morgan fingerprint density at radius 3 is 1.97 bits per heavy atom. The topological polar surface area (TPSA) is 112 Å². The molecule has 0 fully saturated rings. The summed E-state index contributed by atoms with van der Waals surface area (Å²) in [7, 11) is 0. The van der Waals surface area contributed by atoms with Crippen LogP contribution in [0.1, 0.15) is 27.7 Å². The van der Waals surface area contributed by atoms with E-state index in [9.17, 15) is 20.2 Å². The molecule has 3 heterocycles. The lowest BCUT2D eigenvalue weighted by atomic mass is 9.78. The Hall–Kier alpha value is -2.85. The van der Waals surface area contributed by atoms with E-state index in [-0.39, 0.29) is 32.3 Å². The first-order valence-corrected chi connectivity index (χ1v) is 11.1. The molecule has 31 heavy (non-hydrogen) atoms. The molecular weight excluding hydrogens is 438 g/mol. The van der Waals surface area contributed by atoms with E-state index in [4.69, 9.17) is 9.40 Å². The molecule has 8 nitrogen and oxygen atoms in total. The van der Waals surface area contributed by atoms with Gasteiger partial charge in [-0.2, -0.15) is 0 Å². The van der Waals surface area contributed by atoms with Crippen LogP contribution in [0.2, 0.25) is 0 Å². The van der Waals surface area contributed by atoms with E-state index >= 15 is 0 Å². The maximum absolute atomic E-state index is 11.3. The number of nitro groups is 2. The second-order valence-corrected chi connectivity index (χ2v) is 11.4. The number of nitro benzene ring substituents is 2. The Kier molecular flexibility index (Phi) is 4.10. The highest BCUT2D eigenvalue weighted by Crippen LogP contribution is 2.64. The van der Waals surface area contributed by atoms with E-state index in [0.29, 0.717) is 10.8 Å². The van der Waals surface area contributed by atoms with Gasteiger partial charge < -0.3 is 4.42 Å². The molecule has 1 aromatic carbocycles. The molecule has 0 spiro atoms. The van der Waals surface area contributed by atoms with Gasteiger partial charge in [-0.1, -0.05) is 0 Å². The van der Waals surface area contributed by atoms with Crippen molar-refractivity contribution >= 4 is 46.0 Å². The van der Waals surface area contributed by atoms with Crippen molar-refractivity contribution in [3.63, 3.8) is 0 Å². The predicted octanol–water partition coefficient (Wildman–Crippen LogP) is 4.29. The van der Waals surface area contributed by atoms with Gasteiger partial charge in [0.2, 0.25) is 5.89 Å². The minimum atomic E-state index is -0.656. The summed E-state index contributed by atoms with van der Waals surface area (Å²) < 4.78 is 5.63. The Morgan fingerprint density at radius 1 is 0.903 bits per heavy atom. The van der Waals surface area contributed by atoms with Crippen LogP contribution in [0, 0.1) is 20.2 Å². The summed E-state index contributed by atoms with van der Waals surface area (Å²) in [4.78, 5) is 28.3. The van der Waals surface area contributed by atoms with Crippen LogP contribution < -0.4 is 10.8 Å². The Labute approximate surface area is 185 Å². The molecule has 0 saturated carbocycles. The molecule has 2 aliphatic heterocycles. The van der Waals surface area contributed by atoms with Crippen molar-refractivity contribution in [2.75, 3.05) is 0 Å². The lowest BCUT2D eigenvalue weighted by Gasteiger charge is -2.43. The number of non-ortho nitro benzene ring substituents is 2. The van der Waals surface area contributed by atoms with Gasteiger partial charge in [0.15, 0.2) is 5.42 Å². The number of thioether (sulfide) groups is 2. The summed E-state index contributed by atoms with van der Waals surface area (Å²) in [5.74, 6) is 0.134. The number of hydrogen-bond donors (Lipinski definition) is 0. The van der Waals surface area contributed by atoms with Gasteiger partial charge in [-0.25, -0.2) is 4.98 Å². The maximum Gasteiger partial charge on any atom is 0.277 e. The van der Waals surface area contributed by atoms with E-state index in [1.165, 1.54) is 21.9 Å². The number of allylic oxidation sites excluding steroid dienone is 4. The number of nitrogens with zero attached hydrogens (tertiary/aromatic N) is 3. The molecule has 0 amide bonds. The average Bonchev–Trinajstić information content (AvgIpc) is 3.35. The van der Waals surface area contributed by atoms with Crippen LogP contribution in [0.25, 0.3) is 22.6 Å². The van der Waals surface area contributed by atoms with Gasteiger partial charge in [0.05, 0.1) is 31.0 Å². The standard InChI is InChI=1S/C21H17N3O5S2/c1-10-5-15-17-18(16-6-11(2)31-21(16,4)20(15,3)30-10)29-19(22-17)12-7-13(23(25)26)9-14(8-12)24(27)28/h5-9H,1-4H3/t20-,21-/m1/s1. The third-order valence-corrected chi connectivity index (χ3v) is 9.14. The van der Waals surface area contributed by atoms with Crippen LogP contribution in [0.15, 0.2) is 44.6 Å². The predicted molar refractivity (Wildman–Crippen MR) is 121 cm³/mol. The van der Waals surface area contributed by atoms with Crippen LogP contribution in [0.4, 0.5) is 11.4 Å². The first kappa shape index (κ1) is 20.1. The van der Waals surface area contributed by atoms with Gasteiger partial charge in [0.1, 0.15) is 5.35 Å². The number of rotatable bonds is 3. The lowest BCUT2D eigenvalue weighted by molar-refractivity contribution is -0.394. The summed E-state index contributed by atoms with van der Waals surface area (Å²) in [6.07, 6.45) is 4.21. The number of aromatic nitrogens is 1. The van der Waals surface area contributed by atoms with Crippen LogP contribution in [0.3, 0.4) is 0 Å². The fourth-order valence-electron chi connectivity index (χ4n) is 4.52. The fourth-order valence-corrected chi connectivity index (χ4v) is 7.55. The fraction of sp³-hybridized carbons (Fsp3) is 0.286. The van der Waals surface area contributed by atoms with Crippen LogP contribution in [0.5, 0.6) is 0 Å². The third-order valence-electron chi connectivity index (χ3n) is 6.06. The first-order valence-electron chi connectivity index (χ1n) is 9.49. The molecule has 3 aliphatic rings. The zero-order valence-corrected chi connectivity index (χ0v) is 18.7.